The van der Waals surface area contributed by atoms with Crippen LogP contribution in [0, 0.1) is 13.8 Å². The summed E-state index contributed by atoms with van der Waals surface area (Å²) in [7, 11) is 3.74. The van der Waals surface area contributed by atoms with E-state index < -0.39 is 0 Å². The average molecular weight is 224 g/mol. The molecule has 0 atom stereocenters. The fraction of sp³-hybridized carbons (Fsp3) is 0.444. The van der Waals surface area contributed by atoms with Crippen LogP contribution in [-0.2, 0) is 0 Å². The summed E-state index contributed by atoms with van der Waals surface area (Å²) in [5.74, 6) is 1.05. The number of hydrogen-bond donors (Lipinski definition) is 0. The van der Waals surface area contributed by atoms with Crippen LogP contribution in [0.15, 0.2) is 4.52 Å². The van der Waals surface area contributed by atoms with Gasteiger partial charge in [-0.3, -0.25) is 0 Å². The van der Waals surface area contributed by atoms with Crippen molar-refractivity contribution in [1.82, 2.24) is 15.1 Å². The van der Waals surface area contributed by atoms with Crippen LogP contribution in [0.1, 0.15) is 9.88 Å². The Kier molecular flexibility index (Phi) is 2.44. The van der Waals surface area contributed by atoms with Gasteiger partial charge in [-0.1, -0.05) is 0 Å². The third kappa shape index (κ3) is 1.85. The van der Waals surface area contributed by atoms with Crippen molar-refractivity contribution in [1.29, 1.82) is 0 Å². The Hall–Kier alpha value is -1.43. The number of nitrogens with zero attached hydrogens (tertiary/aromatic N) is 4. The van der Waals surface area contributed by atoms with Gasteiger partial charge in [-0.15, -0.1) is 11.3 Å². The minimum atomic E-state index is 0.487. The molecule has 2 rings (SSSR count). The Balaban J connectivity index is 2.41. The maximum atomic E-state index is 5.15. The number of hydrogen-bond acceptors (Lipinski definition) is 6. The largest absolute Gasteiger partial charge is 0.344 e. The first kappa shape index (κ1) is 10.1. The Labute approximate surface area is 91.8 Å². The zero-order valence-corrected chi connectivity index (χ0v) is 9.92. The lowest BCUT2D eigenvalue weighted by atomic mass is 10.4. The van der Waals surface area contributed by atoms with Crippen molar-refractivity contribution in [2.45, 2.75) is 13.8 Å². The quantitative estimate of drug-likeness (QED) is 0.779. The summed E-state index contributed by atoms with van der Waals surface area (Å²) in [6.07, 6.45) is 0. The first-order chi connectivity index (χ1) is 7.08. The zero-order chi connectivity index (χ0) is 11.0. The molecule has 6 heteroatoms. The van der Waals surface area contributed by atoms with Gasteiger partial charge in [0.15, 0.2) is 0 Å². The van der Waals surface area contributed by atoms with E-state index in [4.69, 9.17) is 4.52 Å². The lowest BCUT2D eigenvalue weighted by molar-refractivity contribution is 0.429. The van der Waals surface area contributed by atoms with E-state index in [1.165, 1.54) is 0 Å². The standard InChI is InChI=1S/C9H12N4OS/c1-5-7(10-6(2)15-5)8-11-9(12-14-8)13(3)4/h1-4H3. The topological polar surface area (TPSA) is 55.1 Å². The van der Waals surface area contributed by atoms with Gasteiger partial charge in [-0.25, -0.2) is 4.98 Å². The molecular weight excluding hydrogens is 212 g/mol. The van der Waals surface area contributed by atoms with E-state index in [0.717, 1.165) is 15.6 Å². The third-order valence-electron chi connectivity index (χ3n) is 1.92. The molecule has 0 unspecified atom stereocenters. The van der Waals surface area contributed by atoms with Crippen LogP contribution in [0.4, 0.5) is 5.95 Å². The Bertz CT molecular complexity index is 474. The van der Waals surface area contributed by atoms with Crippen LogP contribution in [0.3, 0.4) is 0 Å². The number of anilines is 1. The van der Waals surface area contributed by atoms with E-state index in [2.05, 4.69) is 15.1 Å². The van der Waals surface area contributed by atoms with Crippen molar-refractivity contribution >= 4 is 17.3 Å². The maximum absolute atomic E-state index is 5.15. The Morgan fingerprint density at radius 1 is 1.20 bits per heavy atom. The van der Waals surface area contributed by atoms with Gasteiger partial charge in [0.1, 0.15) is 5.69 Å². The molecule has 0 spiro atoms. The molecule has 2 aromatic rings. The SMILES string of the molecule is Cc1nc(-c2nc(N(C)C)no2)c(C)s1. The number of thiazole rings is 1. The van der Waals surface area contributed by atoms with Crippen LogP contribution in [0.5, 0.6) is 0 Å². The van der Waals surface area contributed by atoms with E-state index in [9.17, 15) is 0 Å². The van der Waals surface area contributed by atoms with Gasteiger partial charge < -0.3 is 9.42 Å². The van der Waals surface area contributed by atoms with Crippen LogP contribution >= 0.6 is 11.3 Å². The minimum absolute atomic E-state index is 0.487. The summed E-state index contributed by atoms with van der Waals surface area (Å²) in [5, 5.41) is 4.85. The highest BCUT2D eigenvalue weighted by atomic mass is 32.1. The molecule has 80 valence electrons. The molecular formula is C9H12N4OS. The van der Waals surface area contributed by atoms with E-state index >= 15 is 0 Å². The summed E-state index contributed by atoms with van der Waals surface area (Å²) >= 11 is 1.63. The monoisotopic (exact) mass is 224 g/mol. The highest BCUT2D eigenvalue weighted by Crippen LogP contribution is 2.26. The fourth-order valence-electron chi connectivity index (χ4n) is 1.22. The first-order valence-electron chi connectivity index (χ1n) is 4.53. The smallest absolute Gasteiger partial charge is 0.279 e. The van der Waals surface area contributed by atoms with Gasteiger partial charge in [0.2, 0.25) is 0 Å². The molecule has 0 amide bonds. The van der Waals surface area contributed by atoms with Crippen molar-refractivity contribution in [3.63, 3.8) is 0 Å². The lowest BCUT2D eigenvalue weighted by Gasteiger charge is -2.02. The van der Waals surface area contributed by atoms with Crippen LogP contribution < -0.4 is 4.90 Å². The van der Waals surface area contributed by atoms with Gasteiger partial charge in [0.05, 0.1) is 5.01 Å². The van der Waals surface area contributed by atoms with Crippen molar-refractivity contribution in [2.24, 2.45) is 0 Å². The molecule has 0 aliphatic rings. The zero-order valence-electron chi connectivity index (χ0n) is 9.11. The normalized spacial score (nSPS) is 10.7. The maximum Gasteiger partial charge on any atom is 0.279 e. The van der Waals surface area contributed by atoms with Crippen LogP contribution in [-0.4, -0.2) is 29.2 Å². The number of rotatable bonds is 2. The molecule has 5 nitrogen and oxygen atoms in total. The number of aryl methyl sites for hydroxylation is 2. The minimum Gasteiger partial charge on any atom is -0.344 e. The molecule has 0 bridgehead atoms. The van der Waals surface area contributed by atoms with Crippen molar-refractivity contribution < 1.29 is 4.52 Å². The Morgan fingerprint density at radius 3 is 2.40 bits per heavy atom. The molecule has 0 radical (unpaired) electrons. The molecule has 0 aromatic carbocycles. The van der Waals surface area contributed by atoms with Crippen LogP contribution in [0.2, 0.25) is 0 Å². The number of aromatic nitrogens is 3. The summed E-state index contributed by atoms with van der Waals surface area (Å²) < 4.78 is 5.15. The summed E-state index contributed by atoms with van der Waals surface area (Å²) in [6, 6.07) is 0. The van der Waals surface area contributed by atoms with Crippen LogP contribution in [0.25, 0.3) is 11.6 Å². The van der Waals surface area contributed by atoms with Gasteiger partial charge in [0.25, 0.3) is 11.8 Å². The van der Waals surface area contributed by atoms with Gasteiger partial charge >= 0.3 is 0 Å². The average Bonchev–Trinajstić information content (AvgIpc) is 2.71. The van der Waals surface area contributed by atoms with Crippen molar-refractivity contribution in [2.75, 3.05) is 19.0 Å². The van der Waals surface area contributed by atoms with Crippen molar-refractivity contribution in [3.05, 3.63) is 9.88 Å². The first-order valence-corrected chi connectivity index (χ1v) is 5.35. The predicted octanol–water partition coefficient (Wildman–Crippen LogP) is 1.88. The molecule has 0 saturated heterocycles. The summed E-state index contributed by atoms with van der Waals surface area (Å²) in [4.78, 5) is 11.5. The van der Waals surface area contributed by atoms with Gasteiger partial charge in [0, 0.05) is 19.0 Å². The van der Waals surface area contributed by atoms with Crippen molar-refractivity contribution in [3.8, 4) is 11.6 Å². The molecule has 0 saturated carbocycles. The highest BCUT2D eigenvalue weighted by molar-refractivity contribution is 7.11. The molecule has 0 aliphatic heterocycles. The third-order valence-corrected chi connectivity index (χ3v) is 2.81. The highest BCUT2D eigenvalue weighted by Gasteiger charge is 2.15. The molecule has 0 fully saturated rings. The van der Waals surface area contributed by atoms with E-state index in [-0.39, 0.29) is 0 Å². The molecule has 0 N–H and O–H groups in total. The Morgan fingerprint density at radius 2 is 1.93 bits per heavy atom. The predicted molar refractivity (Wildman–Crippen MR) is 59.2 cm³/mol. The van der Waals surface area contributed by atoms with E-state index in [1.807, 2.05) is 27.9 Å². The second-order valence-corrected chi connectivity index (χ2v) is 4.84. The van der Waals surface area contributed by atoms with E-state index in [1.54, 1.807) is 16.2 Å². The molecule has 2 heterocycles. The van der Waals surface area contributed by atoms with E-state index in [0.29, 0.717) is 11.8 Å². The second kappa shape index (κ2) is 3.62. The molecule has 0 aliphatic carbocycles. The molecule has 15 heavy (non-hydrogen) atoms. The fourth-order valence-corrected chi connectivity index (χ4v) is 2.03. The summed E-state index contributed by atoms with van der Waals surface area (Å²) in [5.41, 5.74) is 0.790. The second-order valence-electron chi connectivity index (χ2n) is 3.43. The van der Waals surface area contributed by atoms with Gasteiger partial charge in [-0.05, 0) is 19.0 Å². The summed E-state index contributed by atoms with van der Waals surface area (Å²) in [6.45, 7) is 3.96. The lowest BCUT2D eigenvalue weighted by Crippen LogP contribution is -2.10. The molecule has 2 aromatic heterocycles. The van der Waals surface area contributed by atoms with Gasteiger partial charge in [-0.2, -0.15) is 4.98 Å².